The zero-order chi connectivity index (χ0) is 20.4. The fourth-order valence-electron chi connectivity index (χ4n) is 3.79. The van der Waals surface area contributed by atoms with Crippen LogP contribution in [0.3, 0.4) is 0 Å². The molecule has 0 unspecified atom stereocenters. The van der Waals surface area contributed by atoms with E-state index in [9.17, 15) is 9.59 Å². The number of halogens is 1. The number of carbonyl (C=O) groups is 1. The highest BCUT2D eigenvalue weighted by molar-refractivity contribution is 6.31. The van der Waals surface area contributed by atoms with Crippen molar-refractivity contribution in [3.8, 4) is 0 Å². The molecule has 2 amide bonds. The summed E-state index contributed by atoms with van der Waals surface area (Å²) in [6.45, 7) is 3.06. The molecule has 29 heavy (non-hydrogen) atoms. The van der Waals surface area contributed by atoms with Crippen LogP contribution in [0.25, 0.3) is 10.8 Å². The molecule has 150 valence electrons. The molecule has 0 radical (unpaired) electrons. The van der Waals surface area contributed by atoms with Crippen LogP contribution in [-0.4, -0.2) is 35.1 Å². The van der Waals surface area contributed by atoms with Crippen LogP contribution < -0.4 is 16.2 Å². The van der Waals surface area contributed by atoms with E-state index in [1.54, 1.807) is 31.4 Å². The molecule has 1 aromatic heterocycles. The Morgan fingerprint density at radius 2 is 1.97 bits per heavy atom. The van der Waals surface area contributed by atoms with E-state index in [1.165, 1.54) is 15.7 Å². The number of carbonyl (C=O) groups excluding carboxylic acids is 1. The molecule has 3 aromatic rings. The van der Waals surface area contributed by atoms with Gasteiger partial charge in [0.05, 0.1) is 5.69 Å². The number of rotatable bonds is 4. The van der Waals surface area contributed by atoms with Gasteiger partial charge in [0.15, 0.2) is 0 Å². The standard InChI is InChI=1S/C22H23ClN4O2/c1-26-11-8-17-18(21(26)28)5-3-7-20(17)25-22(29)24-10-13-27-12-9-16-15(14-27)4-2-6-19(16)23/h2-8,11H,9-10,12-14H2,1H3,(H2,24,25,29). The van der Waals surface area contributed by atoms with Crippen molar-refractivity contribution in [2.45, 2.75) is 13.0 Å². The molecule has 7 heteroatoms. The van der Waals surface area contributed by atoms with Gasteiger partial charge in [-0.2, -0.15) is 0 Å². The Morgan fingerprint density at radius 3 is 2.83 bits per heavy atom. The van der Waals surface area contributed by atoms with Crippen molar-refractivity contribution in [3.05, 3.63) is 75.2 Å². The molecule has 4 rings (SSSR count). The van der Waals surface area contributed by atoms with Gasteiger partial charge in [-0.3, -0.25) is 9.69 Å². The van der Waals surface area contributed by atoms with Gasteiger partial charge in [0.1, 0.15) is 0 Å². The van der Waals surface area contributed by atoms with Crippen molar-refractivity contribution in [1.29, 1.82) is 0 Å². The van der Waals surface area contributed by atoms with Crippen molar-refractivity contribution >= 4 is 34.1 Å². The van der Waals surface area contributed by atoms with E-state index in [2.05, 4.69) is 21.6 Å². The number of nitrogens with zero attached hydrogens (tertiary/aromatic N) is 2. The van der Waals surface area contributed by atoms with Crippen molar-refractivity contribution in [3.63, 3.8) is 0 Å². The van der Waals surface area contributed by atoms with Gasteiger partial charge in [-0.1, -0.05) is 29.8 Å². The number of hydrogen-bond donors (Lipinski definition) is 2. The normalized spacial score (nSPS) is 13.9. The van der Waals surface area contributed by atoms with Gasteiger partial charge < -0.3 is 15.2 Å². The zero-order valence-electron chi connectivity index (χ0n) is 16.2. The van der Waals surface area contributed by atoms with Crippen molar-refractivity contribution < 1.29 is 4.79 Å². The van der Waals surface area contributed by atoms with Crippen LogP contribution in [0.2, 0.25) is 5.02 Å². The molecule has 1 aliphatic rings. The van der Waals surface area contributed by atoms with Gasteiger partial charge in [-0.25, -0.2) is 4.79 Å². The molecule has 6 nitrogen and oxygen atoms in total. The third-order valence-corrected chi connectivity index (χ3v) is 5.73. The van der Waals surface area contributed by atoms with Gasteiger partial charge in [0, 0.05) is 55.2 Å². The van der Waals surface area contributed by atoms with E-state index in [0.717, 1.165) is 36.5 Å². The Balaban J connectivity index is 1.34. The molecule has 0 aliphatic carbocycles. The summed E-state index contributed by atoms with van der Waals surface area (Å²) in [5.41, 5.74) is 3.03. The lowest BCUT2D eigenvalue weighted by molar-refractivity contribution is 0.239. The van der Waals surface area contributed by atoms with Crippen molar-refractivity contribution in [2.75, 3.05) is 25.0 Å². The average Bonchev–Trinajstić information content (AvgIpc) is 2.71. The van der Waals surface area contributed by atoms with E-state index in [4.69, 9.17) is 11.6 Å². The molecule has 0 bridgehead atoms. The number of fused-ring (bicyclic) bond motifs is 2. The Hall–Kier alpha value is -2.83. The van der Waals surface area contributed by atoms with Crippen molar-refractivity contribution in [1.82, 2.24) is 14.8 Å². The van der Waals surface area contributed by atoms with Crippen LogP contribution >= 0.6 is 11.6 Å². The monoisotopic (exact) mass is 410 g/mol. The molecule has 2 N–H and O–H groups in total. The average molecular weight is 411 g/mol. The summed E-state index contributed by atoms with van der Waals surface area (Å²) in [4.78, 5) is 26.9. The molecular formula is C22H23ClN4O2. The van der Waals surface area contributed by atoms with E-state index >= 15 is 0 Å². The fourth-order valence-corrected chi connectivity index (χ4v) is 4.08. The van der Waals surface area contributed by atoms with E-state index in [0.29, 0.717) is 17.6 Å². The van der Waals surface area contributed by atoms with E-state index in [1.807, 2.05) is 18.2 Å². The Bertz CT molecular complexity index is 1130. The second-order valence-electron chi connectivity index (χ2n) is 7.28. The Morgan fingerprint density at radius 1 is 1.14 bits per heavy atom. The first-order chi connectivity index (χ1) is 14.0. The fraction of sp³-hybridized carbons (Fsp3) is 0.273. The first-order valence-corrected chi connectivity index (χ1v) is 10.0. The first-order valence-electron chi connectivity index (χ1n) is 9.65. The summed E-state index contributed by atoms with van der Waals surface area (Å²) in [5, 5.41) is 7.91. The van der Waals surface area contributed by atoms with Crippen LogP contribution in [0.5, 0.6) is 0 Å². The molecule has 0 spiro atoms. The summed E-state index contributed by atoms with van der Waals surface area (Å²) in [7, 11) is 1.71. The summed E-state index contributed by atoms with van der Waals surface area (Å²) < 4.78 is 1.52. The lowest BCUT2D eigenvalue weighted by Gasteiger charge is -2.29. The lowest BCUT2D eigenvalue weighted by atomic mass is 10.00. The number of aryl methyl sites for hydroxylation is 1. The number of hydrogen-bond acceptors (Lipinski definition) is 3. The number of nitrogens with one attached hydrogen (secondary N) is 2. The molecule has 0 atom stereocenters. The zero-order valence-corrected chi connectivity index (χ0v) is 17.0. The number of benzene rings is 2. The SMILES string of the molecule is Cn1ccc2c(NC(=O)NCCN3CCc4c(Cl)cccc4C3)cccc2c1=O. The molecule has 0 saturated heterocycles. The minimum absolute atomic E-state index is 0.0861. The largest absolute Gasteiger partial charge is 0.337 e. The van der Waals surface area contributed by atoms with Gasteiger partial charge in [-0.05, 0) is 41.8 Å². The molecule has 2 heterocycles. The maximum absolute atomic E-state index is 12.4. The van der Waals surface area contributed by atoms with Gasteiger partial charge in [0.25, 0.3) is 5.56 Å². The molecule has 1 aliphatic heterocycles. The number of aromatic nitrogens is 1. The summed E-state index contributed by atoms with van der Waals surface area (Å²) in [6, 6.07) is 12.9. The predicted molar refractivity (Wildman–Crippen MR) is 117 cm³/mol. The van der Waals surface area contributed by atoms with Crippen LogP contribution in [0.4, 0.5) is 10.5 Å². The van der Waals surface area contributed by atoms with Crippen LogP contribution in [-0.2, 0) is 20.0 Å². The van der Waals surface area contributed by atoms with E-state index < -0.39 is 0 Å². The number of pyridine rings is 1. The highest BCUT2D eigenvalue weighted by Crippen LogP contribution is 2.25. The van der Waals surface area contributed by atoms with Gasteiger partial charge >= 0.3 is 6.03 Å². The van der Waals surface area contributed by atoms with Crippen LogP contribution in [0.15, 0.2) is 53.5 Å². The van der Waals surface area contributed by atoms with Crippen LogP contribution in [0, 0.1) is 0 Å². The highest BCUT2D eigenvalue weighted by atomic mass is 35.5. The topological polar surface area (TPSA) is 66.4 Å². The Labute approximate surface area is 174 Å². The quantitative estimate of drug-likeness (QED) is 0.693. The van der Waals surface area contributed by atoms with Gasteiger partial charge in [0.2, 0.25) is 0 Å². The minimum atomic E-state index is -0.279. The minimum Gasteiger partial charge on any atom is -0.337 e. The lowest BCUT2D eigenvalue weighted by Crippen LogP contribution is -2.39. The smallest absolute Gasteiger partial charge is 0.319 e. The Kier molecular flexibility index (Phi) is 5.56. The number of urea groups is 1. The number of anilines is 1. The summed E-state index contributed by atoms with van der Waals surface area (Å²) >= 11 is 6.27. The summed E-state index contributed by atoms with van der Waals surface area (Å²) in [6.07, 6.45) is 2.63. The third kappa shape index (κ3) is 4.13. The van der Waals surface area contributed by atoms with Gasteiger partial charge in [-0.15, -0.1) is 0 Å². The molecular weight excluding hydrogens is 388 g/mol. The summed E-state index contributed by atoms with van der Waals surface area (Å²) in [5.74, 6) is 0. The second kappa shape index (κ2) is 8.27. The second-order valence-corrected chi connectivity index (χ2v) is 7.69. The maximum atomic E-state index is 12.4. The third-order valence-electron chi connectivity index (χ3n) is 5.37. The molecule has 0 fully saturated rings. The highest BCUT2D eigenvalue weighted by Gasteiger charge is 2.18. The molecule has 2 aromatic carbocycles. The first kappa shape index (κ1) is 19.5. The van der Waals surface area contributed by atoms with Crippen molar-refractivity contribution in [2.24, 2.45) is 7.05 Å². The number of amides is 2. The predicted octanol–water partition coefficient (Wildman–Crippen LogP) is 3.37. The van der Waals surface area contributed by atoms with Crippen LogP contribution in [0.1, 0.15) is 11.1 Å². The van der Waals surface area contributed by atoms with E-state index in [-0.39, 0.29) is 11.6 Å². The molecule has 0 saturated carbocycles. The maximum Gasteiger partial charge on any atom is 0.319 e.